The van der Waals surface area contributed by atoms with Crippen molar-refractivity contribution in [2.45, 2.75) is 13.0 Å². The molecule has 2 aliphatic rings. The minimum absolute atomic E-state index is 0.00296. The molecule has 1 aromatic heterocycles. The molecule has 1 N–H and O–H groups in total. The number of hydrogen-bond donors (Lipinski definition) is 1. The van der Waals surface area contributed by atoms with E-state index in [0.29, 0.717) is 23.4 Å². The van der Waals surface area contributed by atoms with Gasteiger partial charge in [0.15, 0.2) is 5.69 Å². The third kappa shape index (κ3) is 1.26. The Balaban J connectivity index is 1.76. The van der Waals surface area contributed by atoms with Crippen LogP contribution in [-0.2, 0) is 0 Å². The van der Waals surface area contributed by atoms with E-state index in [4.69, 9.17) is 4.52 Å². The van der Waals surface area contributed by atoms with Crippen LogP contribution in [0.3, 0.4) is 0 Å². The molecule has 1 amide bonds. The zero-order valence-corrected chi connectivity index (χ0v) is 8.56. The highest BCUT2D eigenvalue weighted by molar-refractivity contribution is 5.93. The molecular weight excluding hydrogens is 194 g/mol. The second kappa shape index (κ2) is 3.06. The van der Waals surface area contributed by atoms with Gasteiger partial charge in [0, 0.05) is 31.6 Å². The van der Waals surface area contributed by atoms with Crippen molar-refractivity contribution < 1.29 is 9.32 Å². The summed E-state index contributed by atoms with van der Waals surface area (Å²) in [7, 11) is 0. The Morgan fingerprint density at radius 2 is 2.53 bits per heavy atom. The smallest absolute Gasteiger partial charge is 0.276 e. The van der Waals surface area contributed by atoms with Crippen LogP contribution in [0.5, 0.6) is 0 Å². The summed E-state index contributed by atoms with van der Waals surface area (Å²) in [5.41, 5.74) is 0.429. The van der Waals surface area contributed by atoms with E-state index in [0.717, 1.165) is 19.6 Å². The number of aromatic nitrogens is 1. The molecule has 5 heteroatoms. The molecule has 5 nitrogen and oxygen atoms in total. The van der Waals surface area contributed by atoms with Crippen LogP contribution in [0.15, 0.2) is 10.6 Å². The van der Waals surface area contributed by atoms with Crippen molar-refractivity contribution in [2.24, 2.45) is 5.92 Å². The first-order valence-corrected chi connectivity index (χ1v) is 5.20. The number of carbonyl (C=O) groups is 1. The van der Waals surface area contributed by atoms with Gasteiger partial charge in [-0.1, -0.05) is 5.16 Å². The fraction of sp³-hybridized carbons (Fsp3) is 0.600. The van der Waals surface area contributed by atoms with Crippen molar-refractivity contribution in [1.29, 1.82) is 0 Å². The van der Waals surface area contributed by atoms with E-state index in [9.17, 15) is 4.79 Å². The molecule has 2 saturated heterocycles. The van der Waals surface area contributed by atoms with Gasteiger partial charge in [0.05, 0.1) is 6.04 Å². The molecule has 2 fully saturated rings. The molecule has 0 aliphatic carbocycles. The fourth-order valence-electron chi connectivity index (χ4n) is 2.37. The Kier molecular flexibility index (Phi) is 1.82. The Labute approximate surface area is 87.4 Å². The number of nitrogens with zero attached hydrogens (tertiary/aromatic N) is 2. The summed E-state index contributed by atoms with van der Waals surface area (Å²) < 4.78 is 4.90. The SMILES string of the molecule is Cc1cc(C(=O)N2CC3CNCC32)no1. The molecule has 2 unspecified atom stereocenters. The first-order chi connectivity index (χ1) is 7.25. The van der Waals surface area contributed by atoms with Crippen LogP contribution < -0.4 is 5.32 Å². The molecule has 0 bridgehead atoms. The van der Waals surface area contributed by atoms with Gasteiger partial charge in [0.2, 0.25) is 0 Å². The second-order valence-electron chi connectivity index (χ2n) is 4.27. The Morgan fingerprint density at radius 1 is 1.67 bits per heavy atom. The second-order valence-corrected chi connectivity index (χ2v) is 4.27. The van der Waals surface area contributed by atoms with Gasteiger partial charge in [-0.15, -0.1) is 0 Å². The van der Waals surface area contributed by atoms with Crippen molar-refractivity contribution in [3.05, 3.63) is 17.5 Å². The zero-order valence-electron chi connectivity index (χ0n) is 8.56. The quantitative estimate of drug-likeness (QED) is 0.705. The van der Waals surface area contributed by atoms with Crippen LogP contribution in [0.4, 0.5) is 0 Å². The topological polar surface area (TPSA) is 58.4 Å². The number of carbonyl (C=O) groups excluding carboxylic acids is 1. The third-order valence-corrected chi connectivity index (χ3v) is 3.24. The van der Waals surface area contributed by atoms with Crippen molar-refractivity contribution in [3.8, 4) is 0 Å². The lowest BCUT2D eigenvalue weighted by molar-refractivity contribution is 0.0318. The highest BCUT2D eigenvalue weighted by Crippen LogP contribution is 2.29. The maximum atomic E-state index is 12.0. The number of aryl methyl sites for hydroxylation is 1. The minimum atomic E-state index is -0.00296. The van der Waals surface area contributed by atoms with Gasteiger partial charge in [-0.25, -0.2) is 0 Å². The number of likely N-dealkylation sites (tertiary alicyclic amines) is 1. The first kappa shape index (κ1) is 8.91. The summed E-state index contributed by atoms with van der Waals surface area (Å²) in [4.78, 5) is 13.8. The molecule has 0 radical (unpaired) electrons. The first-order valence-electron chi connectivity index (χ1n) is 5.20. The molecule has 2 aliphatic heterocycles. The monoisotopic (exact) mass is 207 g/mol. The Bertz CT molecular complexity index is 401. The van der Waals surface area contributed by atoms with Gasteiger partial charge in [-0.05, 0) is 6.92 Å². The largest absolute Gasteiger partial charge is 0.361 e. The van der Waals surface area contributed by atoms with Crippen molar-refractivity contribution in [2.75, 3.05) is 19.6 Å². The number of amides is 1. The Hall–Kier alpha value is -1.36. The molecule has 80 valence electrons. The summed E-state index contributed by atoms with van der Waals surface area (Å²) in [5.74, 6) is 1.32. The van der Waals surface area contributed by atoms with E-state index in [1.165, 1.54) is 0 Å². The van der Waals surface area contributed by atoms with Crippen molar-refractivity contribution >= 4 is 5.91 Å². The average Bonchev–Trinajstić information content (AvgIpc) is 2.74. The van der Waals surface area contributed by atoms with Crippen LogP contribution in [-0.4, -0.2) is 41.6 Å². The minimum Gasteiger partial charge on any atom is -0.361 e. The summed E-state index contributed by atoms with van der Waals surface area (Å²) in [6.45, 7) is 4.59. The van der Waals surface area contributed by atoms with Crippen molar-refractivity contribution in [3.63, 3.8) is 0 Å². The van der Waals surface area contributed by atoms with Crippen LogP contribution in [0, 0.1) is 12.8 Å². The standard InChI is InChI=1S/C10H13N3O2/c1-6-2-8(12-15-6)10(14)13-5-7-3-11-4-9(7)13/h2,7,9,11H,3-5H2,1H3. The van der Waals surface area contributed by atoms with Gasteiger partial charge < -0.3 is 14.7 Å². The Morgan fingerprint density at radius 3 is 3.20 bits per heavy atom. The lowest BCUT2D eigenvalue weighted by Crippen LogP contribution is -2.58. The van der Waals surface area contributed by atoms with Gasteiger partial charge in [0.25, 0.3) is 5.91 Å². The average molecular weight is 207 g/mol. The summed E-state index contributed by atoms with van der Waals surface area (Å²) >= 11 is 0. The van der Waals surface area contributed by atoms with Crippen LogP contribution in [0.1, 0.15) is 16.2 Å². The van der Waals surface area contributed by atoms with Crippen LogP contribution in [0.25, 0.3) is 0 Å². The van der Waals surface area contributed by atoms with E-state index in [1.807, 2.05) is 4.90 Å². The van der Waals surface area contributed by atoms with Gasteiger partial charge in [0.1, 0.15) is 5.76 Å². The fourth-order valence-corrected chi connectivity index (χ4v) is 2.37. The van der Waals surface area contributed by atoms with E-state index in [-0.39, 0.29) is 5.91 Å². The van der Waals surface area contributed by atoms with E-state index >= 15 is 0 Å². The zero-order chi connectivity index (χ0) is 10.4. The predicted octanol–water partition coefficient (Wildman–Crippen LogP) is 0.0268. The van der Waals surface area contributed by atoms with Crippen LogP contribution in [0.2, 0.25) is 0 Å². The molecule has 2 atom stereocenters. The molecule has 0 spiro atoms. The van der Waals surface area contributed by atoms with E-state index in [2.05, 4.69) is 10.5 Å². The number of nitrogens with one attached hydrogen (secondary N) is 1. The lowest BCUT2D eigenvalue weighted by Gasteiger charge is -2.43. The molecule has 1 aromatic rings. The molecule has 3 rings (SSSR count). The highest BCUT2D eigenvalue weighted by atomic mass is 16.5. The van der Waals surface area contributed by atoms with Gasteiger partial charge in [-0.3, -0.25) is 4.79 Å². The number of fused-ring (bicyclic) bond motifs is 1. The summed E-state index contributed by atoms with van der Waals surface area (Å²) in [6, 6.07) is 2.06. The number of rotatable bonds is 1. The van der Waals surface area contributed by atoms with Crippen molar-refractivity contribution in [1.82, 2.24) is 15.4 Å². The van der Waals surface area contributed by atoms with E-state index < -0.39 is 0 Å². The normalized spacial score (nSPS) is 28.7. The third-order valence-electron chi connectivity index (χ3n) is 3.24. The predicted molar refractivity (Wildman–Crippen MR) is 52.4 cm³/mol. The van der Waals surface area contributed by atoms with E-state index in [1.54, 1.807) is 13.0 Å². The van der Waals surface area contributed by atoms with Gasteiger partial charge >= 0.3 is 0 Å². The summed E-state index contributed by atoms with van der Waals surface area (Å²) in [5, 5.41) is 7.03. The molecule has 3 heterocycles. The lowest BCUT2D eigenvalue weighted by atomic mass is 9.91. The molecular formula is C10H13N3O2. The molecule has 15 heavy (non-hydrogen) atoms. The maximum absolute atomic E-state index is 12.0. The summed E-state index contributed by atoms with van der Waals surface area (Å²) in [6.07, 6.45) is 0. The van der Waals surface area contributed by atoms with Crippen LogP contribution >= 0.6 is 0 Å². The number of hydrogen-bond acceptors (Lipinski definition) is 4. The molecule has 0 aromatic carbocycles. The highest BCUT2D eigenvalue weighted by Gasteiger charge is 2.45. The van der Waals surface area contributed by atoms with Gasteiger partial charge in [-0.2, -0.15) is 0 Å². The molecule has 0 saturated carbocycles. The maximum Gasteiger partial charge on any atom is 0.276 e.